The number of anilines is 2. The van der Waals surface area contributed by atoms with Gasteiger partial charge >= 0.3 is 0 Å². The van der Waals surface area contributed by atoms with Crippen molar-refractivity contribution in [2.45, 2.75) is 26.2 Å². The highest BCUT2D eigenvalue weighted by molar-refractivity contribution is 5.56. The minimum absolute atomic E-state index is 0.0204. The van der Waals surface area contributed by atoms with Gasteiger partial charge in [0.25, 0.3) is 5.56 Å². The lowest BCUT2D eigenvalue weighted by molar-refractivity contribution is 0.544. The van der Waals surface area contributed by atoms with E-state index in [1.165, 1.54) is 0 Å². The Morgan fingerprint density at radius 2 is 1.85 bits per heavy atom. The summed E-state index contributed by atoms with van der Waals surface area (Å²) >= 11 is 0. The van der Waals surface area contributed by atoms with Crippen molar-refractivity contribution in [2.24, 2.45) is 0 Å². The molecule has 1 heterocycles. The molecule has 0 amide bonds. The Labute approximate surface area is 76.2 Å². The van der Waals surface area contributed by atoms with Gasteiger partial charge in [-0.05, 0) is 0 Å². The molecule has 0 saturated carbocycles. The van der Waals surface area contributed by atoms with Gasteiger partial charge in [-0.15, -0.1) is 0 Å². The fraction of sp³-hybridized carbons (Fsp3) is 0.500. The molecule has 5 N–H and O–H groups in total. The summed E-state index contributed by atoms with van der Waals surface area (Å²) in [5.41, 5.74) is 10.2. The van der Waals surface area contributed by atoms with Gasteiger partial charge in [-0.1, -0.05) is 20.8 Å². The third-order valence-electron chi connectivity index (χ3n) is 1.70. The summed E-state index contributed by atoms with van der Waals surface area (Å²) in [6, 6.07) is 0. The smallest absolute Gasteiger partial charge is 0.276 e. The lowest BCUT2D eigenvalue weighted by Crippen LogP contribution is -2.25. The monoisotopic (exact) mass is 182 g/mol. The van der Waals surface area contributed by atoms with E-state index in [1.54, 1.807) is 0 Å². The number of hydrogen-bond donors (Lipinski definition) is 3. The standard InChI is InChI=1S/C8H14N4O/c1-8(2,3)7-11-5(10)4(9)6(13)12-7/h9H2,1-3H3,(H3,10,11,12,13). The molecule has 0 unspecified atom stereocenters. The van der Waals surface area contributed by atoms with E-state index >= 15 is 0 Å². The first kappa shape index (κ1) is 9.57. The highest BCUT2D eigenvalue weighted by Gasteiger charge is 2.18. The number of H-pyrrole nitrogens is 1. The molecule has 0 atom stereocenters. The fourth-order valence-electron chi connectivity index (χ4n) is 0.855. The molecular weight excluding hydrogens is 168 g/mol. The molecule has 0 aromatic carbocycles. The number of aromatic nitrogens is 2. The van der Waals surface area contributed by atoms with E-state index in [-0.39, 0.29) is 22.5 Å². The van der Waals surface area contributed by atoms with Crippen molar-refractivity contribution in [3.05, 3.63) is 16.2 Å². The Morgan fingerprint density at radius 3 is 2.23 bits per heavy atom. The van der Waals surface area contributed by atoms with Crippen LogP contribution in [0.5, 0.6) is 0 Å². The van der Waals surface area contributed by atoms with Crippen LogP contribution in [-0.2, 0) is 5.41 Å². The zero-order chi connectivity index (χ0) is 10.2. The summed E-state index contributed by atoms with van der Waals surface area (Å²) in [6.07, 6.45) is 0. The molecule has 0 radical (unpaired) electrons. The molecular formula is C8H14N4O. The number of rotatable bonds is 0. The van der Waals surface area contributed by atoms with Crippen LogP contribution in [-0.4, -0.2) is 9.97 Å². The van der Waals surface area contributed by atoms with Gasteiger partial charge in [0.15, 0.2) is 5.82 Å². The molecule has 13 heavy (non-hydrogen) atoms. The van der Waals surface area contributed by atoms with Crippen LogP contribution >= 0.6 is 0 Å². The fourth-order valence-corrected chi connectivity index (χ4v) is 0.855. The highest BCUT2D eigenvalue weighted by Crippen LogP contribution is 2.18. The van der Waals surface area contributed by atoms with Crippen LogP contribution in [0.3, 0.4) is 0 Å². The first-order valence-corrected chi connectivity index (χ1v) is 3.98. The zero-order valence-electron chi connectivity index (χ0n) is 8.01. The predicted molar refractivity (Wildman–Crippen MR) is 52.4 cm³/mol. The largest absolute Gasteiger partial charge is 0.391 e. The first-order chi connectivity index (χ1) is 5.82. The molecule has 0 aliphatic rings. The summed E-state index contributed by atoms with van der Waals surface area (Å²) in [4.78, 5) is 17.8. The van der Waals surface area contributed by atoms with E-state index in [4.69, 9.17) is 11.5 Å². The quantitative estimate of drug-likeness (QED) is 0.535. The highest BCUT2D eigenvalue weighted by atomic mass is 16.1. The number of nitrogen functional groups attached to an aromatic ring is 2. The van der Waals surface area contributed by atoms with E-state index < -0.39 is 0 Å². The van der Waals surface area contributed by atoms with Crippen molar-refractivity contribution in [1.29, 1.82) is 0 Å². The van der Waals surface area contributed by atoms with Crippen LogP contribution in [0.2, 0.25) is 0 Å². The summed E-state index contributed by atoms with van der Waals surface area (Å²) in [5.74, 6) is 0.637. The SMILES string of the molecule is CC(C)(C)c1nc(N)c(N)c(=O)[nH]1. The zero-order valence-corrected chi connectivity index (χ0v) is 8.01. The molecule has 72 valence electrons. The van der Waals surface area contributed by atoms with Gasteiger partial charge in [0, 0.05) is 5.41 Å². The van der Waals surface area contributed by atoms with Crippen molar-refractivity contribution in [2.75, 3.05) is 11.5 Å². The van der Waals surface area contributed by atoms with Crippen molar-refractivity contribution >= 4 is 11.5 Å². The average molecular weight is 182 g/mol. The van der Waals surface area contributed by atoms with Crippen LogP contribution in [0.15, 0.2) is 4.79 Å². The summed E-state index contributed by atoms with van der Waals surface area (Å²) in [6.45, 7) is 5.79. The third kappa shape index (κ3) is 1.80. The maximum atomic E-state index is 11.2. The maximum Gasteiger partial charge on any atom is 0.276 e. The van der Waals surface area contributed by atoms with E-state index in [0.717, 1.165) is 0 Å². The first-order valence-electron chi connectivity index (χ1n) is 3.98. The number of nitrogens with zero attached hydrogens (tertiary/aromatic N) is 1. The second kappa shape index (κ2) is 2.76. The van der Waals surface area contributed by atoms with Gasteiger partial charge < -0.3 is 16.5 Å². The van der Waals surface area contributed by atoms with Gasteiger partial charge in [0.2, 0.25) is 0 Å². The number of hydrogen-bond acceptors (Lipinski definition) is 4. The van der Waals surface area contributed by atoms with Gasteiger partial charge in [0.05, 0.1) is 0 Å². The second-order valence-electron chi connectivity index (χ2n) is 3.96. The van der Waals surface area contributed by atoms with Crippen LogP contribution in [0.1, 0.15) is 26.6 Å². The van der Waals surface area contributed by atoms with Gasteiger partial charge in [-0.3, -0.25) is 4.79 Å². The molecule has 0 aliphatic heterocycles. The minimum Gasteiger partial charge on any atom is -0.391 e. The summed E-state index contributed by atoms with van der Waals surface area (Å²) in [7, 11) is 0. The van der Waals surface area contributed by atoms with E-state index in [0.29, 0.717) is 5.82 Å². The second-order valence-corrected chi connectivity index (χ2v) is 3.96. The van der Waals surface area contributed by atoms with Crippen molar-refractivity contribution in [3.8, 4) is 0 Å². The molecule has 0 bridgehead atoms. The number of aromatic amines is 1. The Hall–Kier alpha value is -1.52. The molecule has 1 aromatic heterocycles. The Kier molecular flexibility index (Phi) is 2.03. The van der Waals surface area contributed by atoms with E-state index in [1.807, 2.05) is 20.8 Å². The average Bonchev–Trinajstić information content (AvgIpc) is 1.97. The predicted octanol–water partition coefficient (Wildman–Crippen LogP) is 0.232. The molecule has 5 heteroatoms. The van der Waals surface area contributed by atoms with Crippen molar-refractivity contribution in [3.63, 3.8) is 0 Å². The molecule has 5 nitrogen and oxygen atoms in total. The van der Waals surface area contributed by atoms with Crippen LogP contribution in [0.25, 0.3) is 0 Å². The molecule has 1 aromatic rings. The topological polar surface area (TPSA) is 97.8 Å². The molecule has 0 spiro atoms. The number of nitrogens with two attached hydrogens (primary N) is 2. The number of nitrogens with one attached hydrogen (secondary N) is 1. The van der Waals surface area contributed by atoms with Crippen molar-refractivity contribution in [1.82, 2.24) is 9.97 Å². The maximum absolute atomic E-state index is 11.2. The van der Waals surface area contributed by atoms with E-state index in [2.05, 4.69) is 9.97 Å². The molecule has 0 aliphatic carbocycles. The van der Waals surface area contributed by atoms with Crippen LogP contribution in [0.4, 0.5) is 11.5 Å². The summed E-state index contributed by atoms with van der Waals surface area (Å²) < 4.78 is 0. The summed E-state index contributed by atoms with van der Waals surface area (Å²) in [5, 5.41) is 0. The normalized spacial score (nSPS) is 11.6. The lowest BCUT2D eigenvalue weighted by Gasteiger charge is -2.17. The Bertz CT molecular complexity index is 375. The van der Waals surface area contributed by atoms with Gasteiger partial charge in [-0.2, -0.15) is 0 Å². The minimum atomic E-state index is -0.377. The van der Waals surface area contributed by atoms with Crippen molar-refractivity contribution < 1.29 is 0 Å². The Balaban J connectivity index is 3.38. The molecule has 1 rings (SSSR count). The van der Waals surface area contributed by atoms with Gasteiger partial charge in [0.1, 0.15) is 11.5 Å². The van der Waals surface area contributed by atoms with Crippen LogP contribution < -0.4 is 17.0 Å². The Morgan fingerprint density at radius 1 is 1.31 bits per heavy atom. The lowest BCUT2D eigenvalue weighted by atomic mass is 9.96. The van der Waals surface area contributed by atoms with Crippen LogP contribution in [0, 0.1) is 0 Å². The van der Waals surface area contributed by atoms with Gasteiger partial charge in [-0.25, -0.2) is 4.98 Å². The van der Waals surface area contributed by atoms with E-state index in [9.17, 15) is 4.79 Å². The molecule has 0 saturated heterocycles. The molecule has 0 fully saturated rings. The third-order valence-corrected chi connectivity index (χ3v) is 1.70.